The lowest BCUT2D eigenvalue weighted by molar-refractivity contribution is 0.214. The fourth-order valence-electron chi connectivity index (χ4n) is 3.44. The largest absolute Gasteiger partial charge is 0.293 e. The minimum Gasteiger partial charge on any atom is -0.293 e. The molecule has 0 radical (unpaired) electrons. The summed E-state index contributed by atoms with van der Waals surface area (Å²) >= 11 is 0. The highest BCUT2D eigenvalue weighted by Gasteiger charge is 2.26. The Morgan fingerprint density at radius 2 is 2.04 bits per heavy atom. The molecule has 4 heterocycles. The van der Waals surface area contributed by atoms with Crippen molar-refractivity contribution in [3.63, 3.8) is 0 Å². The van der Waals surface area contributed by atoms with Crippen LogP contribution in [0.2, 0.25) is 0 Å². The Morgan fingerprint density at radius 1 is 1.19 bits per heavy atom. The van der Waals surface area contributed by atoms with Crippen molar-refractivity contribution in [1.82, 2.24) is 34.7 Å². The maximum Gasteiger partial charge on any atom is 0.266 e. The van der Waals surface area contributed by atoms with Crippen LogP contribution in [-0.2, 0) is 20.1 Å². The van der Waals surface area contributed by atoms with E-state index in [9.17, 15) is 4.79 Å². The topological polar surface area (TPSA) is 81.7 Å². The van der Waals surface area contributed by atoms with E-state index in [1.807, 2.05) is 25.4 Å². The van der Waals surface area contributed by atoms with Crippen LogP contribution in [0.1, 0.15) is 18.5 Å². The predicted octanol–water partition coefficient (Wildman–Crippen LogP) is 1.10. The zero-order valence-corrected chi connectivity index (χ0v) is 14.7. The number of nitrogens with zero attached hydrogens (tertiary/aromatic N) is 7. The molecule has 0 bridgehead atoms. The monoisotopic (exact) mass is 351 g/mol. The van der Waals surface area contributed by atoms with Gasteiger partial charge in [-0.15, -0.1) is 5.10 Å². The molecule has 1 aliphatic rings. The number of hydrogen-bond acceptors (Lipinski definition) is 6. The molecular weight excluding hydrogens is 330 g/mol. The van der Waals surface area contributed by atoms with Gasteiger partial charge >= 0.3 is 0 Å². The van der Waals surface area contributed by atoms with E-state index in [0.29, 0.717) is 6.54 Å². The number of aryl methyl sites for hydroxylation is 1. The summed E-state index contributed by atoms with van der Waals surface area (Å²) in [4.78, 5) is 18.7. The second-order valence-corrected chi connectivity index (χ2v) is 6.62. The average Bonchev–Trinajstić information content (AvgIpc) is 3.27. The molecule has 1 unspecified atom stereocenters. The van der Waals surface area contributed by atoms with E-state index in [2.05, 4.69) is 25.3 Å². The van der Waals surface area contributed by atoms with Crippen LogP contribution in [0.5, 0.6) is 0 Å². The van der Waals surface area contributed by atoms with Crippen LogP contribution >= 0.6 is 0 Å². The van der Waals surface area contributed by atoms with E-state index in [4.69, 9.17) is 0 Å². The molecule has 4 rings (SSSR count). The molecule has 0 saturated carbocycles. The van der Waals surface area contributed by atoms with Gasteiger partial charge in [-0.1, -0.05) is 5.21 Å². The highest BCUT2D eigenvalue weighted by molar-refractivity contribution is 5.56. The van der Waals surface area contributed by atoms with Gasteiger partial charge in [0.15, 0.2) is 0 Å². The van der Waals surface area contributed by atoms with Gasteiger partial charge < -0.3 is 0 Å². The third-order valence-corrected chi connectivity index (χ3v) is 4.74. The molecule has 0 aliphatic carbocycles. The van der Waals surface area contributed by atoms with Gasteiger partial charge in [0.05, 0.1) is 17.9 Å². The fraction of sp³-hybridized carbons (Fsp3) is 0.389. The van der Waals surface area contributed by atoms with Crippen LogP contribution in [0.4, 0.5) is 0 Å². The molecule has 8 nitrogen and oxygen atoms in total. The van der Waals surface area contributed by atoms with Gasteiger partial charge in [0, 0.05) is 49.9 Å². The van der Waals surface area contributed by atoms with Crippen LogP contribution in [0.15, 0.2) is 47.7 Å². The summed E-state index contributed by atoms with van der Waals surface area (Å²) in [6, 6.07) is 7.42. The number of hydrogen-bond donors (Lipinski definition) is 0. The Balaban J connectivity index is 1.53. The van der Waals surface area contributed by atoms with Crippen molar-refractivity contribution < 1.29 is 0 Å². The molecule has 1 fully saturated rings. The van der Waals surface area contributed by atoms with Gasteiger partial charge in [0.2, 0.25) is 0 Å². The molecule has 0 spiro atoms. The van der Waals surface area contributed by atoms with Gasteiger partial charge in [-0.2, -0.15) is 5.10 Å². The highest BCUT2D eigenvalue weighted by atomic mass is 16.1. The van der Waals surface area contributed by atoms with E-state index in [0.717, 1.165) is 42.9 Å². The van der Waals surface area contributed by atoms with E-state index in [-0.39, 0.29) is 11.6 Å². The molecule has 3 aromatic rings. The Bertz CT molecular complexity index is 934. The molecule has 3 aromatic heterocycles. The molecule has 134 valence electrons. The second kappa shape index (κ2) is 7.17. The normalized spacial score (nSPS) is 17.7. The minimum absolute atomic E-state index is 0.0749. The molecule has 1 aliphatic heterocycles. The summed E-state index contributed by atoms with van der Waals surface area (Å²) in [5.41, 5.74) is 2.61. The lowest BCUT2D eigenvalue weighted by atomic mass is 10.2. The molecule has 1 atom stereocenters. The zero-order valence-electron chi connectivity index (χ0n) is 14.7. The van der Waals surface area contributed by atoms with Gasteiger partial charge in [0.25, 0.3) is 5.56 Å². The average molecular weight is 351 g/mol. The van der Waals surface area contributed by atoms with E-state index in [1.165, 1.54) is 0 Å². The van der Waals surface area contributed by atoms with Gasteiger partial charge in [-0.3, -0.25) is 19.4 Å². The van der Waals surface area contributed by atoms with Crippen LogP contribution in [0.25, 0.3) is 11.3 Å². The molecule has 0 aromatic carbocycles. The highest BCUT2D eigenvalue weighted by Crippen LogP contribution is 2.21. The van der Waals surface area contributed by atoms with Crippen LogP contribution in [0, 0.1) is 0 Å². The Kier molecular flexibility index (Phi) is 4.57. The SMILES string of the molecule is Cn1cc(CN2CCCC2Cn2nc(-c3ccncc3)ccc2=O)nn1. The first-order valence-electron chi connectivity index (χ1n) is 8.77. The van der Waals surface area contributed by atoms with E-state index >= 15 is 0 Å². The third kappa shape index (κ3) is 3.55. The first kappa shape index (κ1) is 16.6. The molecule has 0 N–H and O–H groups in total. The minimum atomic E-state index is -0.0749. The lowest BCUT2D eigenvalue weighted by Gasteiger charge is -2.23. The predicted molar refractivity (Wildman–Crippen MR) is 96.2 cm³/mol. The van der Waals surface area contributed by atoms with Gasteiger partial charge in [0.1, 0.15) is 0 Å². The molecular formula is C18H21N7O. The molecule has 0 amide bonds. The van der Waals surface area contributed by atoms with Crippen molar-refractivity contribution >= 4 is 0 Å². The fourth-order valence-corrected chi connectivity index (χ4v) is 3.44. The summed E-state index contributed by atoms with van der Waals surface area (Å²) in [5, 5.41) is 12.7. The standard InChI is InChI=1S/C18H21N7O/c1-23-11-15(20-22-23)12-24-10-2-3-16(24)13-25-18(26)5-4-17(21-25)14-6-8-19-9-7-14/h4-9,11,16H,2-3,10,12-13H2,1H3. The third-order valence-electron chi connectivity index (χ3n) is 4.74. The maximum atomic E-state index is 12.3. The van der Waals surface area contributed by atoms with Crippen molar-refractivity contribution in [2.75, 3.05) is 6.54 Å². The van der Waals surface area contributed by atoms with Crippen molar-refractivity contribution in [3.8, 4) is 11.3 Å². The molecule has 1 saturated heterocycles. The summed E-state index contributed by atoms with van der Waals surface area (Å²) in [5.74, 6) is 0. The summed E-state index contributed by atoms with van der Waals surface area (Å²) in [6.07, 6.45) is 7.56. The van der Waals surface area contributed by atoms with E-state index in [1.54, 1.807) is 33.9 Å². The second-order valence-electron chi connectivity index (χ2n) is 6.62. The van der Waals surface area contributed by atoms with Crippen molar-refractivity contribution in [2.45, 2.75) is 32.0 Å². The summed E-state index contributed by atoms with van der Waals surface area (Å²) in [6.45, 7) is 2.33. The van der Waals surface area contributed by atoms with Crippen molar-refractivity contribution in [2.24, 2.45) is 7.05 Å². The van der Waals surface area contributed by atoms with Crippen LogP contribution in [-0.4, -0.2) is 47.2 Å². The first-order chi connectivity index (χ1) is 12.7. The number of pyridine rings is 1. The number of likely N-dealkylation sites (tertiary alicyclic amines) is 1. The quantitative estimate of drug-likeness (QED) is 0.685. The van der Waals surface area contributed by atoms with Gasteiger partial charge in [-0.25, -0.2) is 4.68 Å². The molecule has 26 heavy (non-hydrogen) atoms. The smallest absolute Gasteiger partial charge is 0.266 e. The molecule has 8 heteroatoms. The van der Waals surface area contributed by atoms with Crippen molar-refractivity contribution in [1.29, 1.82) is 0 Å². The van der Waals surface area contributed by atoms with Crippen molar-refractivity contribution in [3.05, 3.63) is 58.9 Å². The Labute approximate surface area is 151 Å². The van der Waals surface area contributed by atoms with E-state index < -0.39 is 0 Å². The summed E-state index contributed by atoms with van der Waals surface area (Å²) in [7, 11) is 1.87. The maximum absolute atomic E-state index is 12.3. The van der Waals surface area contributed by atoms with Crippen LogP contribution in [0.3, 0.4) is 0 Å². The first-order valence-corrected chi connectivity index (χ1v) is 8.77. The number of aromatic nitrogens is 6. The van der Waals surface area contributed by atoms with Crippen LogP contribution < -0.4 is 5.56 Å². The number of rotatable bonds is 5. The lowest BCUT2D eigenvalue weighted by Crippen LogP contribution is -2.36. The Morgan fingerprint density at radius 3 is 2.81 bits per heavy atom. The van der Waals surface area contributed by atoms with Gasteiger partial charge in [-0.05, 0) is 37.6 Å². The summed E-state index contributed by atoms with van der Waals surface area (Å²) < 4.78 is 3.29. The Hall–Kier alpha value is -2.87. The zero-order chi connectivity index (χ0) is 17.9.